The fraction of sp³-hybridized carbons (Fsp3) is 0.500. The highest BCUT2D eigenvalue weighted by Crippen LogP contribution is 2.28. The van der Waals surface area contributed by atoms with Crippen molar-refractivity contribution in [2.24, 2.45) is 0 Å². The van der Waals surface area contributed by atoms with Gasteiger partial charge in [0.15, 0.2) is 0 Å². The van der Waals surface area contributed by atoms with Gasteiger partial charge in [0.05, 0.1) is 17.3 Å². The van der Waals surface area contributed by atoms with Gasteiger partial charge in [-0.05, 0) is 25.8 Å². The summed E-state index contributed by atoms with van der Waals surface area (Å²) in [7, 11) is 0. The minimum Gasteiger partial charge on any atom is -0.365 e. The summed E-state index contributed by atoms with van der Waals surface area (Å²) in [5, 5.41) is 9.02. The van der Waals surface area contributed by atoms with Crippen molar-refractivity contribution in [1.82, 2.24) is 4.98 Å². The van der Waals surface area contributed by atoms with E-state index in [2.05, 4.69) is 11.1 Å². The molecule has 1 saturated heterocycles. The summed E-state index contributed by atoms with van der Waals surface area (Å²) < 4.78 is 12.8. The van der Waals surface area contributed by atoms with Crippen LogP contribution in [0.25, 0.3) is 0 Å². The molecule has 0 aromatic carbocycles. The van der Waals surface area contributed by atoms with E-state index in [4.69, 9.17) is 5.26 Å². The summed E-state index contributed by atoms with van der Waals surface area (Å²) in [6.45, 7) is 2.35. The molecule has 0 radical (unpaired) electrons. The van der Waals surface area contributed by atoms with Gasteiger partial charge in [0.1, 0.15) is 12.7 Å². The maximum atomic E-state index is 12.8. The molecular weight excluding hydrogens is 205 g/mol. The molecule has 0 amide bonds. The summed E-state index contributed by atoms with van der Waals surface area (Å²) in [6.07, 6.45) is 3.42. The van der Waals surface area contributed by atoms with Crippen LogP contribution in [0.3, 0.4) is 0 Å². The lowest BCUT2D eigenvalue weighted by molar-refractivity contribution is 0.428. The third kappa shape index (κ3) is 1.85. The van der Waals surface area contributed by atoms with E-state index in [1.165, 1.54) is 0 Å². The average molecular weight is 219 g/mol. The highest BCUT2D eigenvalue weighted by atomic mass is 19.1. The van der Waals surface area contributed by atoms with Crippen molar-refractivity contribution in [2.75, 3.05) is 18.1 Å². The Morgan fingerprint density at radius 1 is 1.69 bits per heavy atom. The monoisotopic (exact) mass is 219 g/mol. The second-order valence-corrected chi connectivity index (χ2v) is 4.10. The highest BCUT2D eigenvalue weighted by Gasteiger charge is 2.26. The van der Waals surface area contributed by atoms with Crippen LogP contribution in [0.5, 0.6) is 0 Å². The third-order valence-electron chi connectivity index (χ3n) is 3.00. The Balaban J connectivity index is 2.39. The molecule has 3 nitrogen and oxygen atoms in total. The predicted octanol–water partition coefficient (Wildman–Crippen LogP) is 2.20. The zero-order valence-corrected chi connectivity index (χ0v) is 9.28. The highest BCUT2D eigenvalue weighted by molar-refractivity contribution is 5.60. The smallest absolute Gasteiger partial charge is 0.110 e. The second-order valence-electron chi connectivity index (χ2n) is 4.10. The summed E-state index contributed by atoms with van der Waals surface area (Å²) in [5.74, 6) is 0. The molecule has 0 saturated carbocycles. The molecule has 1 aromatic heterocycles. The molecule has 4 heteroatoms. The first-order valence-corrected chi connectivity index (χ1v) is 5.45. The van der Waals surface area contributed by atoms with Crippen LogP contribution in [-0.2, 0) is 0 Å². The molecule has 0 bridgehead atoms. The van der Waals surface area contributed by atoms with Gasteiger partial charge >= 0.3 is 0 Å². The Morgan fingerprint density at radius 2 is 2.50 bits per heavy atom. The number of rotatable bonds is 2. The predicted molar refractivity (Wildman–Crippen MR) is 60.0 cm³/mol. The quantitative estimate of drug-likeness (QED) is 0.765. The number of aromatic nitrogens is 1. The van der Waals surface area contributed by atoms with Crippen molar-refractivity contribution in [3.8, 4) is 6.07 Å². The van der Waals surface area contributed by atoms with E-state index in [9.17, 15) is 4.39 Å². The van der Waals surface area contributed by atoms with Crippen LogP contribution in [0.2, 0.25) is 0 Å². The van der Waals surface area contributed by atoms with E-state index in [1.807, 2.05) is 17.9 Å². The van der Waals surface area contributed by atoms with Gasteiger partial charge in [0, 0.05) is 18.4 Å². The van der Waals surface area contributed by atoms with Crippen LogP contribution in [0.4, 0.5) is 10.1 Å². The Morgan fingerprint density at radius 3 is 3.19 bits per heavy atom. The lowest BCUT2D eigenvalue weighted by atomic mass is 10.2. The summed E-state index contributed by atoms with van der Waals surface area (Å²) in [6, 6.07) is 3.91. The lowest BCUT2D eigenvalue weighted by Gasteiger charge is -2.25. The largest absolute Gasteiger partial charge is 0.365 e. The fourth-order valence-electron chi connectivity index (χ4n) is 2.18. The summed E-state index contributed by atoms with van der Waals surface area (Å²) in [4.78, 5) is 6.08. The maximum absolute atomic E-state index is 12.8. The van der Waals surface area contributed by atoms with Gasteiger partial charge in [-0.25, -0.2) is 4.39 Å². The summed E-state index contributed by atoms with van der Waals surface area (Å²) in [5.41, 5.74) is 2.22. The van der Waals surface area contributed by atoms with Crippen LogP contribution in [0.1, 0.15) is 24.1 Å². The van der Waals surface area contributed by atoms with E-state index in [-0.39, 0.29) is 12.7 Å². The summed E-state index contributed by atoms with van der Waals surface area (Å²) >= 11 is 0. The molecule has 1 aromatic rings. The number of aryl methyl sites for hydroxylation is 1. The Kier molecular flexibility index (Phi) is 3.04. The van der Waals surface area contributed by atoms with Gasteiger partial charge in [-0.15, -0.1) is 0 Å². The van der Waals surface area contributed by atoms with Gasteiger partial charge < -0.3 is 4.90 Å². The number of halogens is 1. The van der Waals surface area contributed by atoms with E-state index >= 15 is 0 Å². The molecule has 2 heterocycles. The molecule has 16 heavy (non-hydrogen) atoms. The minimum atomic E-state index is -0.355. The van der Waals surface area contributed by atoms with Crippen LogP contribution in [0, 0.1) is 18.3 Å². The Hall–Kier alpha value is -1.63. The Labute approximate surface area is 94.5 Å². The van der Waals surface area contributed by atoms with E-state index in [0.717, 1.165) is 30.8 Å². The van der Waals surface area contributed by atoms with Crippen molar-refractivity contribution in [2.45, 2.75) is 25.8 Å². The average Bonchev–Trinajstić information content (AvgIpc) is 2.76. The van der Waals surface area contributed by atoms with Crippen molar-refractivity contribution in [3.05, 3.63) is 23.5 Å². The van der Waals surface area contributed by atoms with Crippen molar-refractivity contribution in [3.63, 3.8) is 0 Å². The molecule has 0 aliphatic carbocycles. The maximum Gasteiger partial charge on any atom is 0.110 e. The number of nitrogens with zero attached hydrogens (tertiary/aromatic N) is 3. The molecule has 0 N–H and O–H groups in total. The molecule has 1 fully saturated rings. The zero-order chi connectivity index (χ0) is 11.5. The lowest BCUT2D eigenvalue weighted by Crippen LogP contribution is -2.31. The molecule has 0 unspecified atom stereocenters. The number of hydrogen-bond acceptors (Lipinski definition) is 3. The van der Waals surface area contributed by atoms with Crippen molar-refractivity contribution < 1.29 is 4.39 Å². The topological polar surface area (TPSA) is 39.9 Å². The number of nitriles is 1. The van der Waals surface area contributed by atoms with Gasteiger partial charge in [-0.1, -0.05) is 0 Å². The number of alkyl halides is 1. The first-order valence-electron chi connectivity index (χ1n) is 5.45. The molecule has 2 rings (SSSR count). The van der Waals surface area contributed by atoms with Crippen LogP contribution in [-0.4, -0.2) is 24.2 Å². The molecule has 1 aliphatic heterocycles. The van der Waals surface area contributed by atoms with Gasteiger partial charge in [0.25, 0.3) is 0 Å². The van der Waals surface area contributed by atoms with Gasteiger partial charge in [0.2, 0.25) is 0 Å². The molecule has 84 valence electrons. The van der Waals surface area contributed by atoms with Crippen molar-refractivity contribution >= 4 is 5.69 Å². The zero-order valence-electron chi connectivity index (χ0n) is 9.28. The van der Waals surface area contributed by atoms with Gasteiger partial charge in [-0.2, -0.15) is 5.26 Å². The molecule has 1 atom stereocenters. The second kappa shape index (κ2) is 4.48. The molecule has 1 aliphatic rings. The minimum absolute atomic E-state index is 0.0751. The first kappa shape index (κ1) is 10.9. The van der Waals surface area contributed by atoms with Crippen LogP contribution < -0.4 is 4.90 Å². The van der Waals surface area contributed by atoms with Gasteiger partial charge in [-0.3, -0.25) is 4.98 Å². The SMILES string of the molecule is Cc1cc(N2CCC[C@H]2CF)c(C#N)cn1. The fourth-order valence-corrected chi connectivity index (χ4v) is 2.18. The molecule has 0 spiro atoms. The Bertz CT molecular complexity index is 425. The van der Waals surface area contributed by atoms with Crippen LogP contribution in [0.15, 0.2) is 12.3 Å². The van der Waals surface area contributed by atoms with E-state index in [0.29, 0.717) is 5.56 Å². The van der Waals surface area contributed by atoms with Crippen molar-refractivity contribution in [1.29, 1.82) is 5.26 Å². The molecular formula is C12H14FN3. The van der Waals surface area contributed by atoms with Crippen LogP contribution >= 0.6 is 0 Å². The van der Waals surface area contributed by atoms with E-state index < -0.39 is 0 Å². The number of hydrogen-bond donors (Lipinski definition) is 0. The first-order chi connectivity index (χ1) is 7.76. The normalized spacial score (nSPS) is 19.8. The number of anilines is 1. The third-order valence-corrected chi connectivity index (χ3v) is 3.00. The number of pyridine rings is 1. The van der Waals surface area contributed by atoms with E-state index in [1.54, 1.807) is 6.20 Å². The standard InChI is InChI=1S/C12H14FN3/c1-9-5-12(10(7-14)8-15-9)16-4-2-3-11(16)6-13/h5,8,11H,2-4,6H2,1H3/t11-/m0/s1.